The summed E-state index contributed by atoms with van der Waals surface area (Å²) in [4.78, 5) is 27.5. The summed E-state index contributed by atoms with van der Waals surface area (Å²) in [5.74, 6) is -0.548. The van der Waals surface area contributed by atoms with Crippen LogP contribution in [0, 0.1) is 5.82 Å². The molecule has 0 aliphatic heterocycles. The average molecular weight is 384 g/mol. The Kier molecular flexibility index (Phi) is 8.66. The van der Waals surface area contributed by atoms with Gasteiger partial charge in [0.15, 0.2) is 0 Å². The number of hydrogen-bond donors (Lipinski definition) is 1. The van der Waals surface area contributed by atoms with Crippen molar-refractivity contribution in [1.82, 2.24) is 10.2 Å². The van der Waals surface area contributed by atoms with Crippen LogP contribution >= 0.6 is 0 Å². The van der Waals surface area contributed by atoms with Gasteiger partial charge in [-0.05, 0) is 36.1 Å². The molecule has 28 heavy (non-hydrogen) atoms. The second-order valence-corrected chi connectivity index (χ2v) is 6.89. The van der Waals surface area contributed by atoms with Crippen molar-refractivity contribution >= 4 is 11.8 Å². The van der Waals surface area contributed by atoms with Crippen LogP contribution in [-0.2, 0) is 22.6 Å². The summed E-state index contributed by atoms with van der Waals surface area (Å²) in [6, 6.07) is 15.1. The van der Waals surface area contributed by atoms with Crippen molar-refractivity contribution in [1.29, 1.82) is 0 Å². The van der Waals surface area contributed by atoms with Crippen LogP contribution in [0.15, 0.2) is 54.6 Å². The maximum Gasteiger partial charge on any atom is 0.243 e. The van der Waals surface area contributed by atoms with Gasteiger partial charge in [0.2, 0.25) is 11.8 Å². The van der Waals surface area contributed by atoms with Gasteiger partial charge in [-0.1, -0.05) is 56.3 Å². The Balaban J connectivity index is 2.32. The second kappa shape index (κ2) is 11.2. The van der Waals surface area contributed by atoms with E-state index in [-0.39, 0.29) is 24.2 Å². The third-order valence-corrected chi connectivity index (χ3v) is 4.55. The average Bonchev–Trinajstić information content (AvgIpc) is 2.71. The smallest absolute Gasteiger partial charge is 0.243 e. The van der Waals surface area contributed by atoms with E-state index in [0.717, 1.165) is 17.5 Å². The Labute approximate surface area is 166 Å². The summed E-state index contributed by atoms with van der Waals surface area (Å²) >= 11 is 0. The van der Waals surface area contributed by atoms with E-state index < -0.39 is 6.04 Å². The van der Waals surface area contributed by atoms with Crippen molar-refractivity contribution in [2.45, 2.75) is 52.1 Å². The molecule has 0 saturated heterocycles. The number of amides is 2. The quantitative estimate of drug-likeness (QED) is 0.671. The fourth-order valence-corrected chi connectivity index (χ4v) is 3.06. The molecule has 0 aliphatic carbocycles. The Morgan fingerprint density at radius 1 is 0.964 bits per heavy atom. The van der Waals surface area contributed by atoms with E-state index in [2.05, 4.69) is 5.32 Å². The Bertz CT molecular complexity index is 747. The number of nitrogens with zero attached hydrogens (tertiary/aromatic N) is 1. The van der Waals surface area contributed by atoms with Gasteiger partial charge in [-0.3, -0.25) is 9.59 Å². The molecule has 2 aromatic rings. The third kappa shape index (κ3) is 6.48. The molecule has 1 unspecified atom stereocenters. The molecule has 1 N–H and O–H groups in total. The molecule has 0 radical (unpaired) electrons. The lowest BCUT2D eigenvalue weighted by molar-refractivity contribution is -0.141. The first-order chi connectivity index (χ1) is 13.5. The van der Waals surface area contributed by atoms with Crippen LogP contribution in [0.5, 0.6) is 0 Å². The highest BCUT2D eigenvalue weighted by Gasteiger charge is 2.29. The first kappa shape index (κ1) is 21.6. The van der Waals surface area contributed by atoms with Crippen LogP contribution in [0.25, 0.3) is 0 Å². The molecular weight excluding hydrogens is 355 g/mol. The maximum atomic E-state index is 13.3. The van der Waals surface area contributed by atoms with Crippen LogP contribution in [-0.4, -0.2) is 29.3 Å². The topological polar surface area (TPSA) is 49.4 Å². The lowest BCUT2D eigenvalue weighted by Gasteiger charge is -2.31. The summed E-state index contributed by atoms with van der Waals surface area (Å²) in [6.07, 6.45) is 2.33. The molecule has 0 aliphatic rings. The molecule has 150 valence electrons. The van der Waals surface area contributed by atoms with Crippen molar-refractivity contribution in [3.63, 3.8) is 0 Å². The maximum absolute atomic E-state index is 13.3. The van der Waals surface area contributed by atoms with E-state index in [1.165, 1.54) is 12.1 Å². The van der Waals surface area contributed by atoms with Gasteiger partial charge in [0.05, 0.1) is 0 Å². The van der Waals surface area contributed by atoms with Crippen molar-refractivity contribution < 1.29 is 14.0 Å². The number of benzene rings is 2. The van der Waals surface area contributed by atoms with Gasteiger partial charge in [-0.15, -0.1) is 0 Å². The van der Waals surface area contributed by atoms with Crippen LogP contribution < -0.4 is 5.32 Å². The summed E-state index contributed by atoms with van der Waals surface area (Å²) in [5, 5.41) is 2.93. The lowest BCUT2D eigenvalue weighted by Crippen LogP contribution is -2.50. The number of nitrogens with one attached hydrogen (secondary N) is 1. The molecule has 5 heteroatoms. The largest absolute Gasteiger partial charge is 0.354 e. The first-order valence-corrected chi connectivity index (χ1v) is 9.90. The van der Waals surface area contributed by atoms with Gasteiger partial charge in [0.25, 0.3) is 0 Å². The zero-order valence-electron chi connectivity index (χ0n) is 16.7. The van der Waals surface area contributed by atoms with E-state index in [1.807, 2.05) is 44.2 Å². The minimum atomic E-state index is -0.613. The first-order valence-electron chi connectivity index (χ1n) is 9.90. The minimum absolute atomic E-state index is 0.0700. The Hall–Kier alpha value is -2.69. The fourth-order valence-electron chi connectivity index (χ4n) is 3.06. The zero-order chi connectivity index (χ0) is 20.4. The van der Waals surface area contributed by atoms with E-state index in [9.17, 15) is 14.0 Å². The highest BCUT2D eigenvalue weighted by atomic mass is 19.1. The molecule has 0 bridgehead atoms. The number of halogens is 1. The van der Waals surface area contributed by atoms with Crippen LogP contribution in [0.3, 0.4) is 0 Å². The molecule has 0 spiro atoms. The Morgan fingerprint density at radius 2 is 1.64 bits per heavy atom. The number of rotatable bonds is 10. The van der Waals surface area contributed by atoms with Gasteiger partial charge >= 0.3 is 0 Å². The molecule has 4 nitrogen and oxygen atoms in total. The van der Waals surface area contributed by atoms with E-state index in [1.54, 1.807) is 17.0 Å². The predicted molar refractivity (Wildman–Crippen MR) is 109 cm³/mol. The summed E-state index contributed by atoms with van der Waals surface area (Å²) in [6.45, 7) is 4.77. The normalized spacial score (nSPS) is 11.7. The molecule has 0 saturated carbocycles. The highest BCUT2D eigenvalue weighted by Crippen LogP contribution is 2.16. The molecule has 2 amide bonds. The Morgan fingerprint density at radius 3 is 2.25 bits per heavy atom. The van der Waals surface area contributed by atoms with E-state index in [0.29, 0.717) is 25.8 Å². The second-order valence-electron chi connectivity index (χ2n) is 6.89. The lowest BCUT2D eigenvalue weighted by atomic mass is 10.0. The van der Waals surface area contributed by atoms with Crippen molar-refractivity contribution in [3.05, 3.63) is 71.5 Å². The molecule has 0 aromatic heterocycles. The molecule has 0 fully saturated rings. The minimum Gasteiger partial charge on any atom is -0.354 e. The predicted octanol–water partition coefficient (Wildman–Crippen LogP) is 4.09. The van der Waals surface area contributed by atoms with Crippen LogP contribution in [0.4, 0.5) is 4.39 Å². The monoisotopic (exact) mass is 384 g/mol. The standard InChI is InChI=1S/C23H29FN2O2/c1-3-8-22(27)26(17-19-11-13-20(24)14-12-19)21(23(28)25-15-4-2)16-18-9-6-5-7-10-18/h5-7,9-14,21H,3-4,8,15-17H2,1-2H3,(H,25,28). The summed E-state index contributed by atoms with van der Waals surface area (Å²) in [7, 11) is 0. The van der Waals surface area contributed by atoms with Crippen LogP contribution in [0.2, 0.25) is 0 Å². The van der Waals surface area contributed by atoms with Crippen molar-refractivity contribution in [2.75, 3.05) is 6.54 Å². The van der Waals surface area contributed by atoms with E-state index >= 15 is 0 Å². The van der Waals surface area contributed by atoms with Gasteiger partial charge in [-0.25, -0.2) is 4.39 Å². The number of carbonyl (C=O) groups excluding carboxylic acids is 2. The number of carbonyl (C=O) groups is 2. The van der Waals surface area contributed by atoms with Crippen molar-refractivity contribution in [3.8, 4) is 0 Å². The molecule has 2 rings (SSSR count). The highest BCUT2D eigenvalue weighted by molar-refractivity contribution is 5.88. The van der Waals surface area contributed by atoms with Gasteiger partial charge in [0.1, 0.15) is 11.9 Å². The van der Waals surface area contributed by atoms with E-state index in [4.69, 9.17) is 0 Å². The van der Waals surface area contributed by atoms with Gasteiger partial charge < -0.3 is 10.2 Å². The van der Waals surface area contributed by atoms with Gasteiger partial charge in [0, 0.05) is 25.9 Å². The molecule has 1 atom stereocenters. The third-order valence-electron chi connectivity index (χ3n) is 4.55. The zero-order valence-corrected chi connectivity index (χ0v) is 16.7. The fraction of sp³-hybridized carbons (Fsp3) is 0.391. The molecule has 2 aromatic carbocycles. The summed E-state index contributed by atoms with van der Waals surface area (Å²) < 4.78 is 13.3. The molecule has 0 heterocycles. The summed E-state index contributed by atoms with van der Waals surface area (Å²) in [5.41, 5.74) is 1.79. The SMILES string of the molecule is CCCNC(=O)C(Cc1ccccc1)N(Cc1ccc(F)cc1)C(=O)CCC. The van der Waals surface area contributed by atoms with Crippen LogP contribution in [0.1, 0.15) is 44.2 Å². The molecular formula is C23H29FN2O2. The van der Waals surface area contributed by atoms with Crippen molar-refractivity contribution in [2.24, 2.45) is 0 Å². The van der Waals surface area contributed by atoms with Gasteiger partial charge in [-0.2, -0.15) is 0 Å². The number of hydrogen-bond acceptors (Lipinski definition) is 2.